The third-order valence-corrected chi connectivity index (χ3v) is 3.68. The number of amides is 1. The summed E-state index contributed by atoms with van der Waals surface area (Å²) in [6, 6.07) is 0.529. The summed E-state index contributed by atoms with van der Waals surface area (Å²) < 4.78 is 0. The Hall–Kier alpha value is -0.570. The van der Waals surface area contributed by atoms with Gasteiger partial charge < -0.3 is 10.6 Å². The second-order valence-electron chi connectivity index (χ2n) is 4.84. The Morgan fingerprint density at radius 2 is 2.07 bits per heavy atom. The fourth-order valence-corrected chi connectivity index (χ4v) is 2.70. The molecule has 2 saturated heterocycles. The van der Waals surface area contributed by atoms with E-state index >= 15 is 0 Å². The first kappa shape index (κ1) is 9.97. The van der Waals surface area contributed by atoms with Crippen LogP contribution in [0.15, 0.2) is 0 Å². The van der Waals surface area contributed by atoms with Crippen molar-refractivity contribution in [1.82, 2.24) is 4.90 Å². The molecule has 0 aromatic rings. The van der Waals surface area contributed by atoms with Gasteiger partial charge in [-0.2, -0.15) is 0 Å². The molecule has 0 aromatic heterocycles. The van der Waals surface area contributed by atoms with Gasteiger partial charge in [-0.25, -0.2) is 0 Å². The van der Waals surface area contributed by atoms with Crippen LogP contribution in [0.1, 0.15) is 32.6 Å². The van der Waals surface area contributed by atoms with Gasteiger partial charge in [0, 0.05) is 18.5 Å². The molecule has 3 aliphatic rings. The van der Waals surface area contributed by atoms with Crippen LogP contribution in [0, 0.1) is 11.8 Å². The number of hydrogen-bond donors (Lipinski definition) is 1. The van der Waals surface area contributed by atoms with E-state index in [0.717, 1.165) is 19.4 Å². The number of hydrogen-bond acceptors (Lipinski definition) is 2. The average Bonchev–Trinajstić information content (AvgIpc) is 2.23. The molecule has 80 valence electrons. The van der Waals surface area contributed by atoms with E-state index in [1.54, 1.807) is 0 Å². The Balaban J connectivity index is 2.00. The molecular weight excluding hydrogens is 176 g/mol. The summed E-state index contributed by atoms with van der Waals surface area (Å²) in [5.74, 6) is 1.18. The summed E-state index contributed by atoms with van der Waals surface area (Å²) in [7, 11) is 0. The molecule has 1 unspecified atom stereocenters. The van der Waals surface area contributed by atoms with Crippen molar-refractivity contribution in [2.75, 3.05) is 13.1 Å². The number of nitrogens with zero attached hydrogens (tertiary/aromatic N) is 1. The minimum Gasteiger partial charge on any atom is -0.339 e. The molecule has 3 heteroatoms. The smallest absolute Gasteiger partial charge is 0.225 e. The molecule has 2 bridgehead atoms. The highest BCUT2D eigenvalue weighted by atomic mass is 16.2. The van der Waals surface area contributed by atoms with E-state index in [0.29, 0.717) is 30.3 Å². The second-order valence-corrected chi connectivity index (χ2v) is 4.84. The van der Waals surface area contributed by atoms with Gasteiger partial charge >= 0.3 is 0 Å². The van der Waals surface area contributed by atoms with E-state index in [1.165, 1.54) is 12.8 Å². The zero-order valence-corrected chi connectivity index (χ0v) is 8.91. The maximum Gasteiger partial charge on any atom is 0.225 e. The van der Waals surface area contributed by atoms with Gasteiger partial charge in [0.2, 0.25) is 5.91 Å². The first-order valence-electron chi connectivity index (χ1n) is 5.73. The zero-order valence-electron chi connectivity index (χ0n) is 8.91. The third-order valence-electron chi connectivity index (χ3n) is 3.68. The van der Waals surface area contributed by atoms with Crippen molar-refractivity contribution in [2.45, 2.75) is 38.6 Å². The van der Waals surface area contributed by atoms with Gasteiger partial charge in [0.15, 0.2) is 0 Å². The summed E-state index contributed by atoms with van der Waals surface area (Å²) in [6.45, 7) is 3.67. The fourth-order valence-electron chi connectivity index (χ4n) is 2.70. The van der Waals surface area contributed by atoms with Crippen molar-refractivity contribution in [1.29, 1.82) is 0 Å². The minimum absolute atomic E-state index is 0.338. The molecule has 1 amide bonds. The van der Waals surface area contributed by atoms with Gasteiger partial charge in [0.1, 0.15) is 0 Å². The molecule has 3 nitrogen and oxygen atoms in total. The largest absolute Gasteiger partial charge is 0.339 e. The normalized spacial score (nSPS) is 33.6. The first-order chi connectivity index (χ1) is 6.72. The van der Waals surface area contributed by atoms with E-state index in [1.807, 2.05) is 0 Å². The van der Waals surface area contributed by atoms with Crippen molar-refractivity contribution in [3.05, 3.63) is 0 Å². The van der Waals surface area contributed by atoms with Crippen LogP contribution >= 0.6 is 0 Å². The van der Waals surface area contributed by atoms with E-state index in [-0.39, 0.29) is 0 Å². The molecule has 3 rings (SSSR count). The Morgan fingerprint density at radius 1 is 1.43 bits per heavy atom. The van der Waals surface area contributed by atoms with Crippen LogP contribution in [0.4, 0.5) is 0 Å². The van der Waals surface area contributed by atoms with Crippen LogP contribution in [-0.4, -0.2) is 29.9 Å². The predicted octanol–water partition coefficient (Wildman–Crippen LogP) is 0.982. The lowest BCUT2D eigenvalue weighted by atomic mass is 9.79. The Morgan fingerprint density at radius 3 is 2.57 bits per heavy atom. The summed E-state index contributed by atoms with van der Waals surface area (Å²) in [5, 5.41) is 0. The number of nitrogens with two attached hydrogens (primary N) is 1. The zero-order chi connectivity index (χ0) is 10.1. The summed E-state index contributed by atoms with van der Waals surface area (Å²) in [4.78, 5) is 14.0. The third kappa shape index (κ3) is 1.65. The van der Waals surface area contributed by atoms with Crippen molar-refractivity contribution in [2.24, 2.45) is 17.6 Å². The first-order valence-corrected chi connectivity index (χ1v) is 5.73. The molecule has 1 saturated carbocycles. The predicted molar refractivity (Wildman–Crippen MR) is 55.7 cm³/mol. The van der Waals surface area contributed by atoms with Crippen LogP contribution < -0.4 is 5.73 Å². The molecule has 2 aliphatic heterocycles. The van der Waals surface area contributed by atoms with E-state index < -0.39 is 0 Å². The van der Waals surface area contributed by atoms with Crippen molar-refractivity contribution < 1.29 is 4.79 Å². The van der Waals surface area contributed by atoms with Gasteiger partial charge in [-0.05, 0) is 38.1 Å². The summed E-state index contributed by atoms with van der Waals surface area (Å²) in [6.07, 6.45) is 4.68. The number of piperidine rings is 2. The van der Waals surface area contributed by atoms with Crippen LogP contribution in [0.25, 0.3) is 0 Å². The summed E-state index contributed by atoms with van der Waals surface area (Å²) in [5.41, 5.74) is 5.59. The molecule has 3 fully saturated rings. The molecule has 0 spiro atoms. The van der Waals surface area contributed by atoms with Gasteiger partial charge in [-0.3, -0.25) is 4.79 Å². The Kier molecular flexibility index (Phi) is 2.77. The van der Waals surface area contributed by atoms with E-state index in [9.17, 15) is 4.79 Å². The van der Waals surface area contributed by atoms with Crippen molar-refractivity contribution in [3.63, 3.8) is 0 Å². The molecular formula is C11H20N2O. The lowest BCUT2D eigenvalue weighted by Gasteiger charge is -2.45. The summed E-state index contributed by atoms with van der Waals surface area (Å²) >= 11 is 0. The maximum atomic E-state index is 11.9. The quantitative estimate of drug-likeness (QED) is 0.731. The molecule has 1 aliphatic carbocycles. The topological polar surface area (TPSA) is 46.3 Å². The highest BCUT2D eigenvalue weighted by molar-refractivity contribution is 5.80. The molecule has 2 N–H and O–H groups in total. The number of fused-ring (bicyclic) bond motifs is 3. The molecule has 2 heterocycles. The second kappa shape index (κ2) is 3.89. The number of rotatable bonds is 3. The van der Waals surface area contributed by atoms with Crippen molar-refractivity contribution >= 4 is 5.91 Å². The van der Waals surface area contributed by atoms with Crippen LogP contribution in [0.3, 0.4) is 0 Å². The Bertz CT molecular complexity index is 221. The highest BCUT2D eigenvalue weighted by Gasteiger charge is 2.40. The van der Waals surface area contributed by atoms with E-state index in [4.69, 9.17) is 5.73 Å². The Labute approximate surface area is 85.6 Å². The SMILES string of the molecule is CC(CN)CN1C(=O)C2CCC1CC2. The van der Waals surface area contributed by atoms with Crippen molar-refractivity contribution in [3.8, 4) is 0 Å². The maximum absolute atomic E-state index is 11.9. The molecule has 1 atom stereocenters. The number of carbonyl (C=O) groups excluding carboxylic acids is 1. The molecule has 0 aromatic carbocycles. The lowest BCUT2D eigenvalue weighted by Crippen LogP contribution is -2.53. The van der Waals surface area contributed by atoms with Crippen LogP contribution in [-0.2, 0) is 4.79 Å². The van der Waals surface area contributed by atoms with Gasteiger partial charge in [-0.15, -0.1) is 0 Å². The minimum atomic E-state index is 0.338. The van der Waals surface area contributed by atoms with Crippen LogP contribution in [0.2, 0.25) is 0 Å². The van der Waals surface area contributed by atoms with Gasteiger partial charge in [-0.1, -0.05) is 6.92 Å². The van der Waals surface area contributed by atoms with Gasteiger partial charge in [0.25, 0.3) is 0 Å². The standard InChI is InChI=1S/C11H20N2O/c1-8(6-12)7-13-10-4-2-9(3-5-10)11(13)14/h8-10H,2-7,12H2,1H3. The molecule has 0 radical (unpaired) electrons. The fraction of sp³-hybridized carbons (Fsp3) is 0.909. The van der Waals surface area contributed by atoms with Crippen LogP contribution in [0.5, 0.6) is 0 Å². The monoisotopic (exact) mass is 196 g/mol. The lowest BCUT2D eigenvalue weighted by molar-refractivity contribution is -0.147. The molecule has 14 heavy (non-hydrogen) atoms. The highest BCUT2D eigenvalue weighted by Crippen LogP contribution is 2.36. The van der Waals surface area contributed by atoms with E-state index in [2.05, 4.69) is 11.8 Å². The average molecular weight is 196 g/mol. The number of carbonyl (C=O) groups is 1. The van der Waals surface area contributed by atoms with Gasteiger partial charge in [0.05, 0.1) is 0 Å².